The van der Waals surface area contributed by atoms with Crippen molar-refractivity contribution in [3.63, 3.8) is 0 Å². The van der Waals surface area contributed by atoms with Crippen molar-refractivity contribution in [1.29, 1.82) is 0 Å². The Labute approximate surface area is 310 Å². The van der Waals surface area contributed by atoms with Gasteiger partial charge in [-0.15, -0.1) is 0 Å². The molecule has 2 fully saturated rings. The SMILES string of the molecule is C.C.C.C.C.C.CC1CCN(c2cc[nH+]cc2)CC1.CC1CCN(c2ccncc2)CC1.CN(C)c1cc[nH+]cc1.CN(C)c1ccncc1. The van der Waals surface area contributed by atoms with Crippen molar-refractivity contribution in [2.24, 2.45) is 11.8 Å². The van der Waals surface area contributed by atoms with E-state index in [1.54, 1.807) is 12.4 Å². The third-order valence-electron chi connectivity index (χ3n) is 8.06. The molecule has 8 heteroatoms. The molecule has 8 nitrogen and oxygen atoms in total. The van der Waals surface area contributed by atoms with Crippen LogP contribution in [0.3, 0.4) is 0 Å². The van der Waals surface area contributed by atoms with E-state index in [1.165, 1.54) is 74.6 Å². The molecule has 0 radical (unpaired) electrons. The number of aromatic amines is 2. The van der Waals surface area contributed by atoms with E-state index in [9.17, 15) is 0 Å². The summed E-state index contributed by atoms with van der Waals surface area (Å²) in [6.45, 7) is 9.51. The average molecular weight is 695 g/mol. The summed E-state index contributed by atoms with van der Waals surface area (Å²) in [6, 6.07) is 16.5. The molecule has 0 spiro atoms. The number of nitrogens with zero attached hydrogens (tertiary/aromatic N) is 6. The first-order chi connectivity index (χ1) is 21.3. The van der Waals surface area contributed by atoms with Crippen LogP contribution in [0.5, 0.6) is 0 Å². The third kappa shape index (κ3) is 19.7. The Morgan fingerprint density at radius 1 is 0.480 bits per heavy atom. The van der Waals surface area contributed by atoms with Gasteiger partial charge in [-0.1, -0.05) is 58.4 Å². The molecule has 0 unspecified atom stereocenters. The highest BCUT2D eigenvalue weighted by molar-refractivity contribution is 5.45. The smallest absolute Gasteiger partial charge is 0.169 e. The summed E-state index contributed by atoms with van der Waals surface area (Å²) in [6.07, 6.45) is 20.4. The Hall–Kier alpha value is -4.20. The molecule has 2 N–H and O–H groups in total. The van der Waals surface area contributed by atoms with Crippen LogP contribution in [0.15, 0.2) is 98.1 Å². The first kappa shape index (κ1) is 52.6. The molecule has 6 rings (SSSR count). The zero-order chi connectivity index (χ0) is 31.6. The van der Waals surface area contributed by atoms with Crippen molar-refractivity contribution in [1.82, 2.24) is 9.97 Å². The van der Waals surface area contributed by atoms with Gasteiger partial charge in [0, 0.05) is 126 Å². The van der Waals surface area contributed by atoms with Gasteiger partial charge in [0.25, 0.3) is 0 Å². The first-order valence-electron chi connectivity index (χ1n) is 15.9. The van der Waals surface area contributed by atoms with Crippen molar-refractivity contribution in [3.05, 3.63) is 98.1 Å². The lowest BCUT2D eigenvalue weighted by Crippen LogP contribution is -2.32. The van der Waals surface area contributed by atoms with Crippen molar-refractivity contribution in [3.8, 4) is 0 Å². The Kier molecular flexibility index (Phi) is 31.2. The van der Waals surface area contributed by atoms with Gasteiger partial charge < -0.3 is 19.6 Å². The standard InChI is InChI=1S/2C11H16N2.2C7H10N2.6CH4/c2*1-10-4-8-13(9-5-10)11-2-6-12-7-3-11;2*1-9(2)7-3-5-8-6-4-7;;;;;;/h2*2-3,6-7,10H,4-5,8-9H2,1H3;2*3-6H,1-2H3;6*1H4/p+2. The average Bonchev–Trinajstić information content (AvgIpc) is 3.08. The minimum absolute atomic E-state index is 0. The molecule has 2 aliphatic heterocycles. The quantitative estimate of drug-likeness (QED) is 0.212. The number of nitrogens with one attached hydrogen (secondary N) is 2. The molecule has 0 saturated carbocycles. The van der Waals surface area contributed by atoms with Gasteiger partial charge in [-0.05, 0) is 61.8 Å². The molecule has 0 aliphatic carbocycles. The highest BCUT2D eigenvalue weighted by Crippen LogP contribution is 2.22. The fourth-order valence-electron chi connectivity index (χ4n) is 5.00. The van der Waals surface area contributed by atoms with E-state index in [1.807, 2.05) is 94.5 Å². The topological polar surface area (TPSA) is 67.0 Å². The number of anilines is 4. The van der Waals surface area contributed by atoms with E-state index >= 15 is 0 Å². The Balaban J connectivity index is -0.000000275. The molecular formula is C42H78N8+2. The van der Waals surface area contributed by atoms with Crippen molar-refractivity contribution in [2.75, 3.05) is 74.0 Å². The van der Waals surface area contributed by atoms with E-state index in [0.717, 1.165) is 11.8 Å². The number of aromatic nitrogens is 4. The molecule has 6 heterocycles. The molecule has 0 amide bonds. The number of pyridine rings is 4. The van der Waals surface area contributed by atoms with Gasteiger partial charge in [0.2, 0.25) is 0 Å². The van der Waals surface area contributed by atoms with Gasteiger partial charge in [0.05, 0.1) is 0 Å². The highest BCUT2D eigenvalue weighted by Gasteiger charge is 2.16. The Bertz CT molecular complexity index is 1140. The Morgan fingerprint density at radius 3 is 1.10 bits per heavy atom. The van der Waals surface area contributed by atoms with E-state index < -0.39 is 0 Å². The second-order valence-electron chi connectivity index (χ2n) is 12.1. The van der Waals surface area contributed by atoms with Crippen LogP contribution in [0.4, 0.5) is 22.7 Å². The molecule has 4 aromatic rings. The lowest BCUT2D eigenvalue weighted by molar-refractivity contribution is -0.378. The molecule has 2 aliphatic rings. The van der Waals surface area contributed by atoms with Crippen molar-refractivity contribution >= 4 is 22.7 Å². The summed E-state index contributed by atoms with van der Waals surface area (Å²) < 4.78 is 0. The number of piperidine rings is 2. The van der Waals surface area contributed by atoms with Gasteiger partial charge in [-0.25, -0.2) is 9.97 Å². The van der Waals surface area contributed by atoms with Crippen molar-refractivity contribution < 1.29 is 9.97 Å². The molecule has 50 heavy (non-hydrogen) atoms. The highest BCUT2D eigenvalue weighted by atomic mass is 15.1. The zero-order valence-electron chi connectivity index (χ0n) is 27.7. The summed E-state index contributed by atoms with van der Waals surface area (Å²) in [5, 5.41) is 0. The fraction of sp³-hybridized carbons (Fsp3) is 0.524. The summed E-state index contributed by atoms with van der Waals surface area (Å²) in [5.41, 5.74) is 5.08. The van der Waals surface area contributed by atoms with Gasteiger partial charge in [-0.2, -0.15) is 0 Å². The Morgan fingerprint density at radius 2 is 0.780 bits per heavy atom. The second kappa shape index (κ2) is 29.7. The second-order valence-corrected chi connectivity index (χ2v) is 12.1. The van der Waals surface area contributed by atoms with E-state index in [4.69, 9.17) is 0 Å². The maximum absolute atomic E-state index is 4.03. The lowest BCUT2D eigenvalue weighted by Gasteiger charge is -2.31. The zero-order valence-corrected chi connectivity index (χ0v) is 27.7. The lowest BCUT2D eigenvalue weighted by atomic mass is 9.99. The molecule has 284 valence electrons. The van der Waals surface area contributed by atoms with E-state index in [-0.39, 0.29) is 44.6 Å². The maximum atomic E-state index is 4.03. The van der Waals surface area contributed by atoms with Crippen LogP contribution in [0, 0.1) is 11.8 Å². The summed E-state index contributed by atoms with van der Waals surface area (Å²) >= 11 is 0. The summed E-state index contributed by atoms with van der Waals surface area (Å²) in [4.78, 5) is 23.0. The number of hydrogen-bond donors (Lipinski definition) is 0. The number of hydrogen-bond acceptors (Lipinski definition) is 6. The van der Waals surface area contributed by atoms with Gasteiger partial charge in [0.1, 0.15) is 0 Å². The van der Waals surface area contributed by atoms with E-state index in [0.29, 0.717) is 0 Å². The van der Waals surface area contributed by atoms with Crippen LogP contribution in [0.25, 0.3) is 0 Å². The van der Waals surface area contributed by atoms with Crippen LogP contribution in [-0.4, -0.2) is 64.3 Å². The molecule has 0 aromatic carbocycles. The van der Waals surface area contributed by atoms with Gasteiger partial charge >= 0.3 is 0 Å². The summed E-state index contributed by atoms with van der Waals surface area (Å²) in [7, 11) is 8.06. The van der Waals surface area contributed by atoms with Gasteiger partial charge in [0.15, 0.2) is 24.8 Å². The third-order valence-corrected chi connectivity index (χ3v) is 8.06. The van der Waals surface area contributed by atoms with Crippen LogP contribution in [0.2, 0.25) is 0 Å². The normalized spacial score (nSPS) is 13.2. The number of H-pyrrole nitrogens is 2. The van der Waals surface area contributed by atoms with E-state index in [2.05, 4.69) is 72.7 Å². The van der Waals surface area contributed by atoms with Crippen LogP contribution >= 0.6 is 0 Å². The predicted octanol–water partition coefficient (Wildman–Crippen LogP) is 9.59. The number of rotatable bonds is 4. The molecular weight excluding hydrogens is 617 g/mol. The minimum Gasteiger partial charge on any atom is -0.378 e. The minimum atomic E-state index is 0. The first-order valence-corrected chi connectivity index (χ1v) is 15.9. The van der Waals surface area contributed by atoms with Crippen LogP contribution in [-0.2, 0) is 0 Å². The monoisotopic (exact) mass is 695 g/mol. The molecule has 0 bridgehead atoms. The van der Waals surface area contributed by atoms with Crippen molar-refractivity contribution in [2.45, 2.75) is 84.1 Å². The van der Waals surface area contributed by atoms with Gasteiger partial charge in [-0.3, -0.25) is 9.97 Å². The van der Waals surface area contributed by atoms with Crippen LogP contribution in [0.1, 0.15) is 84.1 Å². The largest absolute Gasteiger partial charge is 0.378 e. The predicted molar refractivity (Wildman–Crippen MR) is 225 cm³/mol. The molecule has 2 saturated heterocycles. The maximum Gasteiger partial charge on any atom is 0.169 e. The molecule has 4 aromatic heterocycles. The van der Waals surface area contributed by atoms with Crippen LogP contribution < -0.4 is 29.6 Å². The summed E-state index contributed by atoms with van der Waals surface area (Å²) in [5.74, 6) is 1.81. The fourth-order valence-corrected chi connectivity index (χ4v) is 5.00. The molecule has 0 atom stereocenters.